The molecular formula is C14H22FNS. The van der Waals surface area contributed by atoms with Gasteiger partial charge in [-0.2, -0.15) is 12.6 Å². The monoisotopic (exact) mass is 255 g/mol. The Morgan fingerprint density at radius 1 is 1.29 bits per heavy atom. The van der Waals surface area contributed by atoms with Crippen LogP contribution in [0.1, 0.15) is 19.4 Å². The lowest BCUT2D eigenvalue weighted by Gasteiger charge is -2.25. The van der Waals surface area contributed by atoms with E-state index >= 15 is 0 Å². The molecule has 3 heteroatoms. The Hall–Kier alpha value is -0.540. The molecule has 17 heavy (non-hydrogen) atoms. The van der Waals surface area contributed by atoms with Crippen LogP contribution in [0.15, 0.2) is 24.3 Å². The minimum atomic E-state index is -0.119. The van der Waals surface area contributed by atoms with E-state index in [1.54, 1.807) is 6.07 Å². The number of benzene rings is 1. The summed E-state index contributed by atoms with van der Waals surface area (Å²) in [5, 5.41) is 0. The lowest BCUT2D eigenvalue weighted by molar-refractivity contribution is 0.244. The summed E-state index contributed by atoms with van der Waals surface area (Å²) in [5.41, 5.74) is 0.761. The van der Waals surface area contributed by atoms with Crippen LogP contribution in [0.25, 0.3) is 0 Å². The molecule has 0 amide bonds. The van der Waals surface area contributed by atoms with E-state index in [0.29, 0.717) is 18.4 Å². The molecule has 1 aromatic carbocycles. The summed E-state index contributed by atoms with van der Waals surface area (Å²) in [4.78, 5) is 2.17. The largest absolute Gasteiger partial charge is 0.302 e. The molecule has 1 aromatic rings. The van der Waals surface area contributed by atoms with E-state index in [-0.39, 0.29) is 5.82 Å². The third-order valence-electron chi connectivity index (χ3n) is 3.12. The van der Waals surface area contributed by atoms with Crippen LogP contribution in [0, 0.1) is 17.7 Å². The van der Waals surface area contributed by atoms with E-state index in [9.17, 15) is 4.39 Å². The molecule has 1 nitrogen and oxygen atoms in total. The Bertz CT molecular complexity index is 341. The fourth-order valence-electron chi connectivity index (χ4n) is 1.86. The van der Waals surface area contributed by atoms with Crippen molar-refractivity contribution in [1.29, 1.82) is 0 Å². The smallest absolute Gasteiger partial charge is 0.127 e. The summed E-state index contributed by atoms with van der Waals surface area (Å²) in [6.45, 7) is 6.02. The molecule has 0 aliphatic rings. The number of halogens is 1. The van der Waals surface area contributed by atoms with Gasteiger partial charge in [0.1, 0.15) is 5.82 Å². The fraction of sp³-hybridized carbons (Fsp3) is 0.571. The molecule has 0 N–H and O–H groups in total. The van der Waals surface area contributed by atoms with Crippen molar-refractivity contribution in [3.05, 3.63) is 35.6 Å². The first-order valence-electron chi connectivity index (χ1n) is 6.07. The van der Waals surface area contributed by atoms with Gasteiger partial charge in [0.05, 0.1) is 0 Å². The van der Waals surface area contributed by atoms with Gasteiger partial charge in [0, 0.05) is 18.7 Å². The average molecular weight is 255 g/mol. The molecule has 0 radical (unpaired) electrons. The summed E-state index contributed by atoms with van der Waals surface area (Å²) < 4.78 is 13.5. The third kappa shape index (κ3) is 4.68. The van der Waals surface area contributed by atoms with Gasteiger partial charge < -0.3 is 4.90 Å². The number of rotatable bonds is 6. The number of thiol groups is 1. The van der Waals surface area contributed by atoms with Gasteiger partial charge in [-0.3, -0.25) is 0 Å². The van der Waals surface area contributed by atoms with E-state index in [0.717, 1.165) is 17.9 Å². The molecule has 0 saturated heterocycles. The highest BCUT2D eigenvalue weighted by atomic mass is 32.1. The molecule has 0 saturated carbocycles. The van der Waals surface area contributed by atoms with Gasteiger partial charge in [-0.25, -0.2) is 4.39 Å². The number of hydrogen-bond donors (Lipinski definition) is 1. The topological polar surface area (TPSA) is 3.24 Å². The van der Waals surface area contributed by atoms with Gasteiger partial charge in [-0.15, -0.1) is 0 Å². The molecule has 0 aromatic heterocycles. The fourth-order valence-corrected chi connectivity index (χ4v) is 2.40. The van der Waals surface area contributed by atoms with Gasteiger partial charge in [-0.1, -0.05) is 32.0 Å². The highest BCUT2D eigenvalue weighted by Gasteiger charge is 2.14. The van der Waals surface area contributed by atoms with E-state index in [2.05, 4.69) is 31.4 Å². The van der Waals surface area contributed by atoms with Crippen LogP contribution in [-0.4, -0.2) is 24.2 Å². The first kappa shape index (κ1) is 14.5. The zero-order valence-electron chi connectivity index (χ0n) is 10.9. The summed E-state index contributed by atoms with van der Waals surface area (Å²) >= 11 is 4.38. The lowest BCUT2D eigenvalue weighted by Crippen LogP contribution is -2.29. The van der Waals surface area contributed by atoms with Crippen molar-refractivity contribution in [3.63, 3.8) is 0 Å². The molecule has 0 bridgehead atoms. The predicted octanol–water partition coefficient (Wildman–Crippen LogP) is 3.46. The second kappa shape index (κ2) is 7.02. The Balaban J connectivity index is 2.55. The molecule has 96 valence electrons. The summed E-state index contributed by atoms with van der Waals surface area (Å²) in [7, 11) is 2.03. The zero-order chi connectivity index (χ0) is 12.8. The molecule has 0 fully saturated rings. The summed E-state index contributed by atoms with van der Waals surface area (Å²) in [6, 6.07) is 6.97. The van der Waals surface area contributed by atoms with Crippen LogP contribution in [0.4, 0.5) is 4.39 Å². The molecule has 0 heterocycles. The van der Waals surface area contributed by atoms with Crippen LogP contribution in [0.5, 0.6) is 0 Å². The second-order valence-corrected chi connectivity index (χ2v) is 5.34. The van der Waals surface area contributed by atoms with Gasteiger partial charge in [-0.05, 0) is 30.7 Å². The predicted molar refractivity (Wildman–Crippen MR) is 74.9 cm³/mol. The standard InChI is InChI=1S/C14H22FNS/c1-11(2)13(10-17)9-16(3)8-12-6-4-5-7-14(12)15/h4-7,11,13,17H,8-10H2,1-3H3. The Morgan fingerprint density at radius 3 is 2.47 bits per heavy atom. The highest BCUT2D eigenvalue weighted by molar-refractivity contribution is 7.80. The first-order valence-corrected chi connectivity index (χ1v) is 6.70. The molecular weight excluding hydrogens is 233 g/mol. The SMILES string of the molecule is CC(C)C(CS)CN(C)Cc1ccccc1F. The van der Waals surface area contributed by atoms with Crippen molar-refractivity contribution in [2.45, 2.75) is 20.4 Å². The van der Waals surface area contributed by atoms with Crippen LogP contribution >= 0.6 is 12.6 Å². The molecule has 0 spiro atoms. The molecule has 1 atom stereocenters. The Morgan fingerprint density at radius 2 is 1.94 bits per heavy atom. The molecule has 0 aliphatic heterocycles. The van der Waals surface area contributed by atoms with E-state index in [1.807, 2.05) is 19.2 Å². The van der Waals surface area contributed by atoms with Crippen molar-refractivity contribution in [2.75, 3.05) is 19.3 Å². The highest BCUT2D eigenvalue weighted by Crippen LogP contribution is 2.16. The first-order chi connectivity index (χ1) is 8.04. The van der Waals surface area contributed by atoms with Gasteiger partial charge in [0.2, 0.25) is 0 Å². The van der Waals surface area contributed by atoms with Gasteiger partial charge >= 0.3 is 0 Å². The minimum Gasteiger partial charge on any atom is -0.302 e. The summed E-state index contributed by atoms with van der Waals surface area (Å²) in [6.07, 6.45) is 0. The van der Waals surface area contributed by atoms with Crippen molar-refractivity contribution >= 4 is 12.6 Å². The van der Waals surface area contributed by atoms with E-state index in [1.165, 1.54) is 6.07 Å². The van der Waals surface area contributed by atoms with Gasteiger partial charge in [0.15, 0.2) is 0 Å². The van der Waals surface area contributed by atoms with E-state index < -0.39 is 0 Å². The maximum Gasteiger partial charge on any atom is 0.127 e. The number of hydrogen-bond acceptors (Lipinski definition) is 2. The van der Waals surface area contributed by atoms with Crippen LogP contribution in [0.3, 0.4) is 0 Å². The van der Waals surface area contributed by atoms with Gasteiger partial charge in [0.25, 0.3) is 0 Å². The minimum absolute atomic E-state index is 0.119. The third-order valence-corrected chi connectivity index (χ3v) is 3.59. The van der Waals surface area contributed by atoms with Crippen LogP contribution in [-0.2, 0) is 6.54 Å². The zero-order valence-corrected chi connectivity index (χ0v) is 11.8. The maximum absolute atomic E-state index is 13.5. The average Bonchev–Trinajstić information content (AvgIpc) is 2.28. The Labute approximate surface area is 109 Å². The van der Waals surface area contributed by atoms with Crippen LogP contribution in [0.2, 0.25) is 0 Å². The molecule has 1 unspecified atom stereocenters. The Kier molecular flexibility index (Phi) is 6.00. The molecule has 1 rings (SSSR count). The maximum atomic E-state index is 13.5. The van der Waals surface area contributed by atoms with Crippen molar-refractivity contribution < 1.29 is 4.39 Å². The van der Waals surface area contributed by atoms with Crippen molar-refractivity contribution in [2.24, 2.45) is 11.8 Å². The summed E-state index contributed by atoms with van der Waals surface area (Å²) in [5.74, 6) is 1.91. The van der Waals surface area contributed by atoms with Crippen LogP contribution < -0.4 is 0 Å². The quantitative estimate of drug-likeness (QED) is 0.762. The normalized spacial score (nSPS) is 13.4. The number of nitrogens with zero attached hydrogens (tertiary/aromatic N) is 1. The molecule has 0 aliphatic carbocycles. The van der Waals surface area contributed by atoms with Crippen molar-refractivity contribution in [3.8, 4) is 0 Å². The van der Waals surface area contributed by atoms with E-state index in [4.69, 9.17) is 0 Å². The second-order valence-electron chi connectivity index (χ2n) is 4.97. The van der Waals surface area contributed by atoms with Crippen molar-refractivity contribution in [1.82, 2.24) is 4.90 Å². The lowest BCUT2D eigenvalue weighted by atomic mass is 9.97.